The second-order valence-corrected chi connectivity index (χ2v) is 5.30. The first-order valence-corrected chi connectivity index (χ1v) is 7.19. The minimum Gasteiger partial charge on any atom is -0.295 e. The van der Waals surface area contributed by atoms with Gasteiger partial charge in [-0.2, -0.15) is 0 Å². The predicted octanol–water partition coefficient (Wildman–Crippen LogP) is 2.16. The first-order valence-electron chi connectivity index (χ1n) is 5.15. The Morgan fingerprint density at radius 3 is 2.69 bits per heavy atom. The molecule has 2 rings (SSSR count). The molecule has 0 unspecified atom stereocenters. The van der Waals surface area contributed by atoms with Crippen molar-refractivity contribution in [3.8, 4) is 0 Å². The van der Waals surface area contributed by atoms with Gasteiger partial charge >= 0.3 is 0 Å². The lowest BCUT2D eigenvalue weighted by atomic mass is 10.4. The van der Waals surface area contributed by atoms with Crippen LogP contribution in [0, 0.1) is 0 Å². The first-order chi connectivity index (χ1) is 7.71. The minimum atomic E-state index is -0.0131. The molecule has 6 heteroatoms. The Morgan fingerprint density at radius 2 is 2.12 bits per heavy atom. The fourth-order valence-electron chi connectivity index (χ4n) is 1.61. The Morgan fingerprint density at radius 1 is 1.38 bits per heavy atom. The van der Waals surface area contributed by atoms with Crippen LogP contribution in [0.1, 0.15) is 19.7 Å². The van der Waals surface area contributed by atoms with E-state index in [1.165, 1.54) is 11.3 Å². The molecule has 2 aromatic rings. The SMILES string of the molecule is CCc1nc2sc(SC)nc2c(=O)n1CC. The van der Waals surface area contributed by atoms with E-state index in [1.807, 2.05) is 20.1 Å². The van der Waals surface area contributed by atoms with E-state index in [1.54, 1.807) is 16.3 Å². The maximum Gasteiger partial charge on any atom is 0.280 e. The Hall–Kier alpha value is -0.880. The number of thiazole rings is 1. The second-order valence-electron chi connectivity index (χ2n) is 3.27. The van der Waals surface area contributed by atoms with Gasteiger partial charge in [-0.05, 0) is 13.2 Å². The van der Waals surface area contributed by atoms with Crippen LogP contribution < -0.4 is 5.56 Å². The molecule has 2 heterocycles. The van der Waals surface area contributed by atoms with Gasteiger partial charge in [0.1, 0.15) is 5.82 Å². The van der Waals surface area contributed by atoms with Crippen molar-refractivity contribution < 1.29 is 0 Å². The van der Waals surface area contributed by atoms with Crippen LogP contribution in [0.3, 0.4) is 0 Å². The van der Waals surface area contributed by atoms with Crippen LogP contribution in [-0.4, -0.2) is 20.8 Å². The van der Waals surface area contributed by atoms with Crippen molar-refractivity contribution >= 4 is 33.4 Å². The molecule has 4 nitrogen and oxygen atoms in total. The average Bonchev–Trinajstić information content (AvgIpc) is 2.72. The van der Waals surface area contributed by atoms with Crippen LogP contribution in [0.2, 0.25) is 0 Å². The molecular formula is C10H13N3OS2. The van der Waals surface area contributed by atoms with E-state index in [2.05, 4.69) is 9.97 Å². The summed E-state index contributed by atoms with van der Waals surface area (Å²) in [6.45, 7) is 4.61. The summed E-state index contributed by atoms with van der Waals surface area (Å²) in [4.78, 5) is 21.7. The fraction of sp³-hybridized carbons (Fsp3) is 0.500. The van der Waals surface area contributed by atoms with Crippen molar-refractivity contribution in [1.82, 2.24) is 14.5 Å². The molecule has 0 radical (unpaired) electrons. The zero-order valence-electron chi connectivity index (χ0n) is 9.48. The molecule has 0 atom stereocenters. The highest BCUT2D eigenvalue weighted by atomic mass is 32.2. The van der Waals surface area contributed by atoms with Gasteiger partial charge in [0.05, 0.1) is 0 Å². The number of hydrogen-bond acceptors (Lipinski definition) is 5. The lowest BCUT2D eigenvalue weighted by molar-refractivity contribution is 0.662. The molecule has 86 valence electrons. The number of aromatic nitrogens is 3. The van der Waals surface area contributed by atoms with Crippen molar-refractivity contribution in [1.29, 1.82) is 0 Å². The van der Waals surface area contributed by atoms with Crippen molar-refractivity contribution in [3.63, 3.8) is 0 Å². The molecule has 0 aromatic carbocycles. The number of nitrogens with zero attached hydrogens (tertiary/aromatic N) is 3. The first kappa shape index (κ1) is 11.6. The Labute approximate surface area is 102 Å². The van der Waals surface area contributed by atoms with E-state index in [4.69, 9.17) is 0 Å². The van der Waals surface area contributed by atoms with E-state index >= 15 is 0 Å². The van der Waals surface area contributed by atoms with Gasteiger partial charge in [-0.25, -0.2) is 9.97 Å². The Kier molecular flexibility index (Phi) is 3.30. The monoisotopic (exact) mass is 255 g/mol. The second kappa shape index (κ2) is 4.55. The highest BCUT2D eigenvalue weighted by Gasteiger charge is 2.13. The highest BCUT2D eigenvalue weighted by Crippen LogP contribution is 2.24. The molecule has 0 aliphatic rings. The largest absolute Gasteiger partial charge is 0.295 e. The molecule has 0 saturated heterocycles. The summed E-state index contributed by atoms with van der Waals surface area (Å²) >= 11 is 3.04. The van der Waals surface area contributed by atoms with Crippen LogP contribution in [-0.2, 0) is 13.0 Å². The van der Waals surface area contributed by atoms with E-state index in [0.29, 0.717) is 12.1 Å². The van der Waals surface area contributed by atoms with Gasteiger partial charge in [-0.3, -0.25) is 9.36 Å². The third kappa shape index (κ3) is 1.76. The molecule has 0 spiro atoms. The Bertz CT molecular complexity index is 573. The van der Waals surface area contributed by atoms with Gasteiger partial charge in [-0.1, -0.05) is 30.0 Å². The number of hydrogen-bond donors (Lipinski definition) is 0. The van der Waals surface area contributed by atoms with Crippen molar-refractivity contribution in [2.45, 2.75) is 31.2 Å². The molecule has 0 aliphatic heterocycles. The molecule has 0 amide bonds. The summed E-state index contributed by atoms with van der Waals surface area (Å²) in [7, 11) is 0. The van der Waals surface area contributed by atoms with E-state index in [-0.39, 0.29) is 5.56 Å². The summed E-state index contributed by atoms with van der Waals surface area (Å²) in [5.41, 5.74) is 0.495. The number of thioether (sulfide) groups is 1. The van der Waals surface area contributed by atoms with Gasteiger partial charge in [0.25, 0.3) is 5.56 Å². The zero-order chi connectivity index (χ0) is 11.7. The molecule has 0 saturated carbocycles. The summed E-state index contributed by atoms with van der Waals surface area (Å²) in [5, 5.41) is 0. The van der Waals surface area contributed by atoms with Gasteiger partial charge < -0.3 is 0 Å². The standard InChI is InChI=1S/C10H13N3OS2/c1-4-6-11-8-7(9(14)13(6)5-2)12-10(15-3)16-8/h4-5H2,1-3H3. The highest BCUT2D eigenvalue weighted by molar-refractivity contribution is 8.00. The smallest absolute Gasteiger partial charge is 0.280 e. The van der Waals surface area contributed by atoms with Gasteiger partial charge in [0, 0.05) is 13.0 Å². The third-order valence-electron chi connectivity index (χ3n) is 2.39. The van der Waals surface area contributed by atoms with Gasteiger partial charge in [0.2, 0.25) is 0 Å². The van der Waals surface area contributed by atoms with E-state index in [0.717, 1.165) is 21.4 Å². The van der Waals surface area contributed by atoms with Crippen LogP contribution >= 0.6 is 23.1 Å². The third-order valence-corrected chi connectivity index (χ3v) is 4.32. The molecule has 16 heavy (non-hydrogen) atoms. The summed E-state index contributed by atoms with van der Waals surface area (Å²) in [6.07, 6.45) is 2.72. The van der Waals surface area contributed by atoms with Crippen LogP contribution in [0.15, 0.2) is 9.13 Å². The van der Waals surface area contributed by atoms with Crippen molar-refractivity contribution in [2.75, 3.05) is 6.26 Å². The van der Waals surface area contributed by atoms with Crippen molar-refractivity contribution in [3.05, 3.63) is 16.2 Å². The van der Waals surface area contributed by atoms with Crippen LogP contribution in [0.25, 0.3) is 10.3 Å². The zero-order valence-corrected chi connectivity index (χ0v) is 11.1. The van der Waals surface area contributed by atoms with Crippen LogP contribution in [0.4, 0.5) is 0 Å². The molecule has 0 fully saturated rings. The summed E-state index contributed by atoms with van der Waals surface area (Å²) in [6, 6.07) is 0. The average molecular weight is 255 g/mol. The van der Waals surface area contributed by atoms with Crippen LogP contribution in [0.5, 0.6) is 0 Å². The molecular weight excluding hydrogens is 242 g/mol. The summed E-state index contributed by atoms with van der Waals surface area (Å²) in [5.74, 6) is 0.844. The number of fused-ring (bicyclic) bond motifs is 1. The lowest BCUT2D eigenvalue weighted by Gasteiger charge is -2.06. The normalized spacial score (nSPS) is 11.2. The Balaban J connectivity index is 2.79. The molecule has 2 aromatic heterocycles. The number of rotatable bonds is 3. The molecule has 0 N–H and O–H groups in total. The number of aryl methyl sites for hydroxylation is 1. The van der Waals surface area contributed by atoms with Crippen molar-refractivity contribution in [2.24, 2.45) is 0 Å². The topological polar surface area (TPSA) is 47.8 Å². The molecule has 0 aliphatic carbocycles. The van der Waals surface area contributed by atoms with Gasteiger partial charge in [0.15, 0.2) is 14.7 Å². The predicted molar refractivity (Wildman–Crippen MR) is 68.5 cm³/mol. The maximum atomic E-state index is 12.1. The van der Waals surface area contributed by atoms with E-state index < -0.39 is 0 Å². The molecule has 0 bridgehead atoms. The minimum absolute atomic E-state index is 0.0131. The lowest BCUT2D eigenvalue weighted by Crippen LogP contribution is -2.24. The quantitative estimate of drug-likeness (QED) is 0.789. The maximum absolute atomic E-state index is 12.1. The van der Waals surface area contributed by atoms with E-state index in [9.17, 15) is 4.79 Å². The summed E-state index contributed by atoms with van der Waals surface area (Å²) < 4.78 is 2.60. The fourth-order valence-corrected chi connectivity index (χ4v) is 3.05. The van der Waals surface area contributed by atoms with Gasteiger partial charge in [-0.15, -0.1) is 0 Å².